The summed E-state index contributed by atoms with van der Waals surface area (Å²) in [5, 5.41) is 12.5. The molecule has 198 valence electrons. The van der Waals surface area contributed by atoms with Crippen molar-refractivity contribution in [3.8, 4) is 23.0 Å². The zero-order chi connectivity index (χ0) is 26.3. The number of anilines is 1. The van der Waals surface area contributed by atoms with Crippen LogP contribution in [0.3, 0.4) is 0 Å². The van der Waals surface area contributed by atoms with E-state index in [-0.39, 0.29) is 28.4 Å². The molecule has 0 bridgehead atoms. The maximum Gasteiger partial charge on any atom is 0.319 e. The highest BCUT2D eigenvalue weighted by Gasteiger charge is 2.44. The van der Waals surface area contributed by atoms with Crippen molar-refractivity contribution in [2.75, 3.05) is 58.5 Å². The van der Waals surface area contributed by atoms with Gasteiger partial charge in [-0.05, 0) is 56.3 Å². The van der Waals surface area contributed by atoms with Crippen molar-refractivity contribution in [3.63, 3.8) is 0 Å². The van der Waals surface area contributed by atoms with Crippen LogP contribution in [0, 0.1) is 11.2 Å². The first-order valence-corrected chi connectivity index (χ1v) is 13.1. The number of phenols is 1. The molecule has 1 aliphatic carbocycles. The predicted molar refractivity (Wildman–Crippen MR) is 145 cm³/mol. The van der Waals surface area contributed by atoms with E-state index in [1.807, 2.05) is 24.3 Å². The first kappa shape index (κ1) is 24.8. The molecule has 1 saturated heterocycles. The number of rotatable bonds is 7. The summed E-state index contributed by atoms with van der Waals surface area (Å²) in [6.07, 6.45) is 4.65. The van der Waals surface area contributed by atoms with Crippen molar-refractivity contribution in [3.05, 3.63) is 48.4 Å². The summed E-state index contributed by atoms with van der Waals surface area (Å²) in [4.78, 5) is 18.1. The molecule has 3 heterocycles. The maximum atomic E-state index is 16.3. The second-order valence-electron chi connectivity index (χ2n) is 10.7. The van der Waals surface area contributed by atoms with Crippen molar-refractivity contribution in [1.82, 2.24) is 19.9 Å². The molecule has 0 atom stereocenters. The van der Waals surface area contributed by atoms with Crippen LogP contribution in [-0.2, 0) is 4.74 Å². The van der Waals surface area contributed by atoms with Gasteiger partial charge in [-0.15, -0.1) is 0 Å². The number of halogens is 1. The van der Waals surface area contributed by atoms with E-state index in [2.05, 4.69) is 33.9 Å². The van der Waals surface area contributed by atoms with Crippen molar-refractivity contribution in [1.29, 1.82) is 0 Å². The molecule has 1 aliphatic heterocycles. The van der Waals surface area contributed by atoms with Crippen molar-refractivity contribution >= 4 is 27.5 Å². The van der Waals surface area contributed by atoms with E-state index >= 15 is 4.39 Å². The summed E-state index contributed by atoms with van der Waals surface area (Å²) >= 11 is 0. The first-order valence-electron chi connectivity index (χ1n) is 13.1. The van der Waals surface area contributed by atoms with Crippen LogP contribution in [-0.4, -0.2) is 78.5 Å². The van der Waals surface area contributed by atoms with E-state index in [1.165, 1.54) is 0 Å². The summed E-state index contributed by atoms with van der Waals surface area (Å²) in [6.45, 7) is 4.02. The van der Waals surface area contributed by atoms with E-state index in [0.29, 0.717) is 43.1 Å². The van der Waals surface area contributed by atoms with E-state index in [9.17, 15) is 5.11 Å². The number of ether oxygens (including phenoxy) is 2. The van der Waals surface area contributed by atoms with Crippen LogP contribution in [0.4, 0.5) is 10.2 Å². The molecule has 0 amide bonds. The number of hydrogen-bond donors (Lipinski definition) is 1. The minimum absolute atomic E-state index is 0.0487. The van der Waals surface area contributed by atoms with Gasteiger partial charge in [-0.1, -0.05) is 24.3 Å². The molecule has 38 heavy (non-hydrogen) atoms. The van der Waals surface area contributed by atoms with Crippen LogP contribution >= 0.6 is 0 Å². The number of pyridine rings is 1. The minimum atomic E-state index is -0.563. The third-order valence-corrected chi connectivity index (χ3v) is 7.38. The first-order chi connectivity index (χ1) is 18.4. The molecule has 8 nitrogen and oxygen atoms in total. The minimum Gasteiger partial charge on any atom is -0.508 e. The molecule has 9 heteroatoms. The van der Waals surface area contributed by atoms with Crippen LogP contribution in [0.2, 0.25) is 0 Å². The van der Waals surface area contributed by atoms with Crippen LogP contribution < -0.4 is 9.64 Å². The number of aromatic hydroxyl groups is 1. The van der Waals surface area contributed by atoms with Gasteiger partial charge < -0.3 is 24.4 Å². The Morgan fingerprint density at radius 2 is 1.95 bits per heavy atom. The fraction of sp³-hybridized carbons (Fsp3) is 0.414. The second kappa shape index (κ2) is 9.96. The Morgan fingerprint density at radius 1 is 1.11 bits per heavy atom. The zero-order valence-corrected chi connectivity index (χ0v) is 21.8. The van der Waals surface area contributed by atoms with E-state index in [4.69, 9.17) is 14.5 Å². The van der Waals surface area contributed by atoms with E-state index < -0.39 is 5.82 Å². The SMILES string of the molecule is CN(C)CC1(COc2nc(N3CCCOCC3)c3cnc(-c4cc(O)cc5ccccc45)c(F)c3n2)CC1. The highest BCUT2D eigenvalue weighted by Crippen LogP contribution is 2.46. The third kappa shape index (κ3) is 4.83. The fourth-order valence-corrected chi connectivity index (χ4v) is 5.38. The Balaban J connectivity index is 1.47. The maximum absolute atomic E-state index is 16.3. The van der Waals surface area contributed by atoms with Gasteiger partial charge in [0.2, 0.25) is 0 Å². The third-order valence-electron chi connectivity index (χ3n) is 7.38. The Morgan fingerprint density at radius 3 is 2.76 bits per heavy atom. The molecule has 2 aromatic carbocycles. The average molecular weight is 518 g/mol. The Kier molecular flexibility index (Phi) is 6.49. The van der Waals surface area contributed by atoms with Gasteiger partial charge in [0.05, 0.1) is 18.6 Å². The number of benzene rings is 2. The number of nitrogens with zero attached hydrogens (tertiary/aromatic N) is 5. The molecule has 0 radical (unpaired) electrons. The molecule has 2 aliphatic rings. The van der Waals surface area contributed by atoms with Gasteiger partial charge in [0, 0.05) is 43.4 Å². The standard InChI is InChI=1S/C29H32FN5O3/c1-34(2)17-29(8-9-29)18-38-28-32-26-23(27(33-28)35-10-5-12-37-13-11-35)16-31-25(24(26)30)22-15-20(36)14-19-6-3-4-7-21(19)22/h3-4,6-7,14-16,36H,5,8-13,17-18H2,1-2H3. The lowest BCUT2D eigenvalue weighted by molar-refractivity contribution is 0.152. The summed E-state index contributed by atoms with van der Waals surface area (Å²) in [6, 6.07) is 10.9. The van der Waals surface area contributed by atoms with Crippen LogP contribution in [0.15, 0.2) is 42.6 Å². The van der Waals surface area contributed by atoms with Gasteiger partial charge in [0.25, 0.3) is 0 Å². The molecule has 2 aromatic heterocycles. The van der Waals surface area contributed by atoms with Crippen molar-refractivity contribution < 1.29 is 19.0 Å². The number of hydrogen-bond acceptors (Lipinski definition) is 8. The largest absolute Gasteiger partial charge is 0.508 e. The Hall–Kier alpha value is -3.56. The predicted octanol–water partition coefficient (Wildman–Crippen LogP) is 4.64. The van der Waals surface area contributed by atoms with E-state index in [0.717, 1.165) is 43.1 Å². The van der Waals surface area contributed by atoms with Crippen LogP contribution in [0.5, 0.6) is 11.8 Å². The normalized spacial score (nSPS) is 17.2. The molecule has 4 aromatic rings. The molecule has 2 fully saturated rings. The topological polar surface area (TPSA) is 83.8 Å². The van der Waals surface area contributed by atoms with Crippen molar-refractivity contribution in [2.24, 2.45) is 5.41 Å². The van der Waals surface area contributed by atoms with Gasteiger partial charge in [0.15, 0.2) is 5.82 Å². The lowest BCUT2D eigenvalue weighted by Crippen LogP contribution is -2.29. The van der Waals surface area contributed by atoms with Crippen LogP contribution in [0.1, 0.15) is 19.3 Å². The lowest BCUT2D eigenvalue weighted by atomic mass is 10.0. The molecule has 1 N–H and O–H groups in total. The second-order valence-corrected chi connectivity index (χ2v) is 10.7. The smallest absolute Gasteiger partial charge is 0.319 e. The molecular weight excluding hydrogens is 485 g/mol. The number of phenolic OH excluding ortho intramolecular Hbond substituents is 1. The summed E-state index contributed by atoms with van der Waals surface area (Å²) in [5.41, 5.74) is 0.880. The number of aromatic nitrogens is 3. The van der Waals surface area contributed by atoms with Crippen molar-refractivity contribution in [2.45, 2.75) is 19.3 Å². The quantitative estimate of drug-likeness (QED) is 0.380. The van der Waals surface area contributed by atoms with E-state index in [1.54, 1.807) is 18.3 Å². The lowest BCUT2D eigenvalue weighted by Gasteiger charge is -2.24. The fourth-order valence-electron chi connectivity index (χ4n) is 5.38. The van der Waals surface area contributed by atoms with Gasteiger partial charge >= 0.3 is 6.01 Å². The molecule has 0 spiro atoms. The summed E-state index contributed by atoms with van der Waals surface area (Å²) in [7, 11) is 4.11. The molecule has 0 unspecified atom stereocenters. The Bertz CT molecular complexity index is 1480. The number of fused-ring (bicyclic) bond motifs is 2. The van der Waals surface area contributed by atoms with Crippen LogP contribution in [0.25, 0.3) is 32.9 Å². The summed E-state index contributed by atoms with van der Waals surface area (Å²) < 4.78 is 28.1. The monoisotopic (exact) mass is 517 g/mol. The summed E-state index contributed by atoms with van der Waals surface area (Å²) in [5.74, 6) is 0.0894. The highest BCUT2D eigenvalue weighted by molar-refractivity contribution is 5.99. The highest BCUT2D eigenvalue weighted by atomic mass is 19.1. The molecular formula is C29H32FN5O3. The van der Waals surface area contributed by atoms with Gasteiger partial charge in [-0.25, -0.2) is 4.39 Å². The Labute approximate surface area is 221 Å². The zero-order valence-electron chi connectivity index (χ0n) is 21.8. The average Bonchev–Trinajstić information content (AvgIpc) is 3.71. The van der Waals surface area contributed by atoms with Gasteiger partial charge in [-0.2, -0.15) is 9.97 Å². The molecule has 1 saturated carbocycles. The van der Waals surface area contributed by atoms with Gasteiger partial charge in [-0.3, -0.25) is 4.98 Å². The molecule has 6 rings (SSSR count). The van der Waals surface area contributed by atoms with Gasteiger partial charge in [0.1, 0.15) is 22.8 Å².